The first-order chi connectivity index (χ1) is 4.06. The molecule has 0 saturated carbocycles. The summed E-state index contributed by atoms with van der Waals surface area (Å²) in [5.74, 6) is 0. The molecule has 0 saturated heterocycles. The molecule has 0 spiro atoms. The molecule has 0 aliphatic carbocycles. The Kier molecular flexibility index (Phi) is 22.5. The van der Waals surface area contributed by atoms with E-state index >= 15 is 0 Å². The molecule has 5 nitrogen and oxygen atoms in total. The molecule has 72 valence electrons. The summed E-state index contributed by atoms with van der Waals surface area (Å²) in [6.07, 6.45) is 1.41. The third kappa shape index (κ3) is 22.4. The zero-order valence-corrected chi connectivity index (χ0v) is 10.1. The van der Waals surface area contributed by atoms with Crippen LogP contribution in [-0.4, -0.2) is 19.6 Å². The molecule has 0 aliphatic rings. The average Bonchev–Trinajstić information content (AvgIpc) is 1.63. The Hall–Kier alpha value is 0.760. The first-order valence-electron chi connectivity index (χ1n) is 2.66. The summed E-state index contributed by atoms with van der Waals surface area (Å²) >= 11 is 0. The first-order valence-corrected chi connectivity index (χ1v) is 4.00. The van der Waals surface area contributed by atoms with Gasteiger partial charge in [0.1, 0.15) is 0 Å². The molecule has 0 rings (SSSR count). The Morgan fingerprint density at radius 2 is 1.83 bits per heavy atom. The fraction of sp³-hybridized carbons (Fsp3) is 1.00. The van der Waals surface area contributed by atoms with Gasteiger partial charge in [0, 0.05) is 0 Å². The molecule has 0 aromatic heterocycles. The van der Waals surface area contributed by atoms with Crippen molar-refractivity contribution in [3.05, 3.63) is 0 Å². The molecule has 0 fully saturated rings. The van der Waals surface area contributed by atoms with Gasteiger partial charge in [-0.3, -0.25) is 8.89 Å². The fourth-order valence-electron chi connectivity index (χ4n) is 0.305. The Morgan fingerprint density at radius 3 is 2.08 bits per heavy atom. The van der Waals surface area contributed by atoms with E-state index in [1.165, 1.54) is 0 Å². The summed E-state index contributed by atoms with van der Waals surface area (Å²) in [5.41, 5.74) is 0. The van der Waals surface area contributed by atoms with Gasteiger partial charge in [-0.15, -0.1) is 0 Å². The Morgan fingerprint density at radius 1 is 1.42 bits per heavy atom. The maximum absolute atomic E-state index is 9.73. The van der Waals surface area contributed by atoms with Gasteiger partial charge in [0.15, 0.2) is 0 Å². The van der Waals surface area contributed by atoms with E-state index in [2.05, 4.69) is 4.18 Å². The Balaban J connectivity index is -0.000000107. The summed E-state index contributed by atoms with van der Waals surface area (Å²) in [4.78, 5) is 0. The normalized spacial score (nSPS) is 8.83. The predicted octanol–water partition coefficient (Wildman–Crippen LogP) is -2.42. The van der Waals surface area contributed by atoms with E-state index < -0.39 is 10.4 Å². The number of rotatable bonds is 4. The van der Waals surface area contributed by atoms with Crippen molar-refractivity contribution in [2.75, 3.05) is 6.61 Å². The molecule has 0 atom stereocenters. The van der Waals surface area contributed by atoms with Gasteiger partial charge in [-0.2, -0.15) is 0 Å². The molecule has 0 bridgehead atoms. The van der Waals surface area contributed by atoms with E-state index in [0.29, 0.717) is 6.42 Å². The van der Waals surface area contributed by atoms with Gasteiger partial charge < -0.3 is 10.7 Å². The van der Waals surface area contributed by atoms with Crippen molar-refractivity contribution in [1.29, 1.82) is 0 Å². The molecule has 0 unspecified atom stereocenters. The van der Waals surface area contributed by atoms with E-state index in [4.69, 9.17) is 0 Å². The smallest absolute Gasteiger partial charge is 0.726 e. The Labute approximate surface area is 94.1 Å². The van der Waals surface area contributed by atoms with Gasteiger partial charge in [-0.05, 0) is 6.42 Å². The van der Waals surface area contributed by atoms with Gasteiger partial charge in [0.05, 0.1) is 6.61 Å². The minimum Gasteiger partial charge on any atom is -0.726 e. The van der Waals surface area contributed by atoms with Crippen LogP contribution in [0.25, 0.3) is 0 Å². The molecular weight excluding hydrogens is 200 g/mol. The van der Waals surface area contributed by atoms with Crippen LogP contribution in [-0.2, 0) is 14.6 Å². The molecule has 0 heterocycles. The third-order valence-electron chi connectivity index (χ3n) is 0.726. The van der Waals surface area contributed by atoms with E-state index in [-0.39, 0.29) is 47.0 Å². The molecule has 3 N–H and O–H groups in total. The largest absolute Gasteiger partial charge is 1.00 e. The van der Waals surface area contributed by atoms with Crippen LogP contribution in [0.5, 0.6) is 0 Å². The van der Waals surface area contributed by atoms with Crippen molar-refractivity contribution < 1.29 is 51.4 Å². The van der Waals surface area contributed by atoms with Crippen LogP contribution in [0.15, 0.2) is 0 Å². The van der Waals surface area contributed by atoms with Crippen LogP contribution in [0.2, 0.25) is 0 Å². The number of hydrogen-bond acceptors (Lipinski definition) is 5. The summed E-state index contributed by atoms with van der Waals surface area (Å²) in [6, 6.07) is 0. The standard InChI is InChI=1S/C4H10O4S.FH.H3N.Na/c1-2-3-4-8-9(5,6)7;;;/h2-4H2,1H3,(H,5,6,7);1H;1H3;/q;;;+1/p-1. The van der Waals surface area contributed by atoms with Crippen molar-refractivity contribution in [1.82, 2.24) is 6.15 Å². The fourth-order valence-corrected chi connectivity index (χ4v) is 0.627. The van der Waals surface area contributed by atoms with Gasteiger partial charge in [0.25, 0.3) is 0 Å². The molecule has 0 radical (unpaired) electrons. The van der Waals surface area contributed by atoms with Crippen molar-refractivity contribution in [3.8, 4) is 0 Å². The summed E-state index contributed by atoms with van der Waals surface area (Å²) < 4.78 is 33.1. The van der Waals surface area contributed by atoms with Crippen molar-refractivity contribution >= 4 is 10.4 Å². The summed E-state index contributed by atoms with van der Waals surface area (Å²) in [5, 5.41) is 0. The van der Waals surface area contributed by atoms with Crippen molar-refractivity contribution in [3.63, 3.8) is 0 Å². The van der Waals surface area contributed by atoms with Crippen molar-refractivity contribution in [2.24, 2.45) is 0 Å². The zero-order valence-electron chi connectivity index (χ0n) is 7.28. The topological polar surface area (TPSA) is 101 Å². The molecule has 0 aromatic rings. The maximum atomic E-state index is 9.73. The summed E-state index contributed by atoms with van der Waals surface area (Å²) in [6.45, 7) is 1.88. The Bertz CT molecular complexity index is 162. The minimum atomic E-state index is -4.45. The molecule has 0 aliphatic heterocycles. The van der Waals surface area contributed by atoms with Crippen LogP contribution < -0.4 is 35.7 Å². The number of hydrogen-bond donors (Lipinski definition) is 1. The van der Waals surface area contributed by atoms with E-state index in [9.17, 15) is 13.0 Å². The maximum Gasteiger partial charge on any atom is 1.00 e. The monoisotopic (exact) mass is 213 g/mol. The van der Waals surface area contributed by atoms with E-state index in [0.717, 1.165) is 6.42 Å². The molecule has 0 amide bonds. The molecule has 0 aromatic carbocycles. The van der Waals surface area contributed by atoms with Crippen LogP contribution in [0, 0.1) is 0 Å². The quantitative estimate of drug-likeness (QED) is 0.242. The van der Waals surface area contributed by atoms with Crippen LogP contribution in [0.3, 0.4) is 0 Å². The van der Waals surface area contributed by atoms with E-state index in [1.54, 1.807) is 0 Å². The van der Waals surface area contributed by atoms with Crippen LogP contribution >= 0.6 is 0 Å². The first kappa shape index (κ1) is 23.0. The van der Waals surface area contributed by atoms with Gasteiger partial charge in [-0.1, -0.05) is 13.3 Å². The number of unbranched alkanes of at least 4 members (excludes halogenated alkanes) is 1. The van der Waals surface area contributed by atoms with Gasteiger partial charge in [0.2, 0.25) is 10.4 Å². The molecule has 12 heavy (non-hydrogen) atoms. The second-order valence-electron chi connectivity index (χ2n) is 1.58. The molecular formula is C4H13FNNaO4S. The average molecular weight is 213 g/mol. The van der Waals surface area contributed by atoms with Crippen molar-refractivity contribution in [2.45, 2.75) is 19.8 Å². The number of halogens is 1. The van der Waals surface area contributed by atoms with E-state index in [1.807, 2.05) is 6.92 Å². The van der Waals surface area contributed by atoms with Crippen LogP contribution in [0.4, 0.5) is 4.70 Å². The zero-order chi connectivity index (χ0) is 7.33. The predicted molar refractivity (Wildman–Crippen MR) is 38.1 cm³/mol. The SMILES string of the molecule is CCCCOS(=O)(=O)[O-].F.N.[Na+]. The van der Waals surface area contributed by atoms with Crippen LogP contribution in [0.1, 0.15) is 19.8 Å². The summed E-state index contributed by atoms with van der Waals surface area (Å²) in [7, 11) is -4.45. The van der Waals surface area contributed by atoms with Gasteiger partial charge >= 0.3 is 29.6 Å². The minimum absolute atomic E-state index is 0. The third-order valence-corrected chi connectivity index (χ3v) is 1.18. The second kappa shape index (κ2) is 11.8. The second-order valence-corrected chi connectivity index (χ2v) is 2.64. The van der Waals surface area contributed by atoms with Gasteiger partial charge in [-0.25, -0.2) is 8.42 Å². The molecule has 8 heteroatoms.